The molecule has 4 nitrogen and oxygen atoms in total. The van der Waals surface area contributed by atoms with Crippen LogP contribution >= 0.6 is 0 Å². The van der Waals surface area contributed by atoms with E-state index in [9.17, 15) is 8.42 Å². The summed E-state index contributed by atoms with van der Waals surface area (Å²) in [7, 11) is -3.17. The molecule has 0 saturated heterocycles. The second kappa shape index (κ2) is 5.32. The topological polar surface area (TPSA) is 55.4 Å². The van der Waals surface area contributed by atoms with Crippen LogP contribution in [0, 0.1) is 0 Å². The van der Waals surface area contributed by atoms with Gasteiger partial charge in [-0.1, -0.05) is 12.1 Å². The summed E-state index contributed by atoms with van der Waals surface area (Å²) >= 11 is 0. The van der Waals surface area contributed by atoms with E-state index in [2.05, 4.69) is 4.72 Å². The van der Waals surface area contributed by atoms with Crippen LogP contribution in [0.4, 0.5) is 0 Å². The molecule has 0 aliphatic heterocycles. The molecule has 0 spiro atoms. The van der Waals surface area contributed by atoms with E-state index in [1.165, 1.54) is 0 Å². The summed E-state index contributed by atoms with van der Waals surface area (Å²) in [6, 6.07) is 7.14. The maximum atomic E-state index is 11.0. The van der Waals surface area contributed by atoms with Crippen LogP contribution in [-0.4, -0.2) is 21.3 Å². The largest absolute Gasteiger partial charge is 0.494 e. The third-order valence-corrected chi connectivity index (χ3v) is 2.86. The zero-order chi connectivity index (χ0) is 12.2. The first-order chi connectivity index (χ1) is 7.42. The summed E-state index contributed by atoms with van der Waals surface area (Å²) in [6.07, 6.45) is 1.15. The van der Waals surface area contributed by atoms with Crippen molar-refractivity contribution in [3.63, 3.8) is 0 Å². The van der Waals surface area contributed by atoms with Crippen LogP contribution in [-0.2, 0) is 10.0 Å². The molecule has 0 aliphatic rings. The number of nitrogens with one attached hydrogen (secondary N) is 1. The van der Waals surface area contributed by atoms with E-state index < -0.39 is 10.0 Å². The second-order valence-corrected chi connectivity index (χ2v) is 5.39. The minimum Gasteiger partial charge on any atom is -0.494 e. The van der Waals surface area contributed by atoms with Gasteiger partial charge in [0.25, 0.3) is 0 Å². The summed E-state index contributed by atoms with van der Waals surface area (Å²) in [6.45, 7) is 4.34. The fraction of sp³-hybridized carbons (Fsp3) is 0.455. The summed E-state index contributed by atoms with van der Waals surface area (Å²) in [5.41, 5.74) is 0.911. The van der Waals surface area contributed by atoms with Gasteiger partial charge in [0.2, 0.25) is 10.0 Å². The SMILES string of the molecule is CCOc1ccc([C@H](C)NS(C)(=O)=O)cc1. The van der Waals surface area contributed by atoms with E-state index >= 15 is 0 Å². The Morgan fingerprint density at radius 2 is 1.88 bits per heavy atom. The van der Waals surface area contributed by atoms with E-state index in [0.717, 1.165) is 17.6 Å². The number of ether oxygens (including phenoxy) is 1. The van der Waals surface area contributed by atoms with Gasteiger partial charge in [0.05, 0.1) is 12.9 Å². The molecule has 1 rings (SSSR count). The highest BCUT2D eigenvalue weighted by Gasteiger charge is 2.10. The first-order valence-electron chi connectivity index (χ1n) is 5.12. The third kappa shape index (κ3) is 4.20. The van der Waals surface area contributed by atoms with E-state index in [1.807, 2.05) is 31.2 Å². The van der Waals surface area contributed by atoms with Crippen molar-refractivity contribution in [1.29, 1.82) is 0 Å². The van der Waals surface area contributed by atoms with Crippen molar-refractivity contribution in [3.05, 3.63) is 29.8 Å². The molecule has 16 heavy (non-hydrogen) atoms. The lowest BCUT2D eigenvalue weighted by Crippen LogP contribution is -2.25. The molecule has 0 amide bonds. The molecule has 0 fully saturated rings. The molecule has 90 valence electrons. The van der Waals surface area contributed by atoms with Crippen molar-refractivity contribution in [2.24, 2.45) is 0 Å². The highest BCUT2D eigenvalue weighted by molar-refractivity contribution is 7.88. The fourth-order valence-corrected chi connectivity index (χ4v) is 2.19. The standard InChI is InChI=1S/C11H17NO3S/c1-4-15-11-7-5-10(6-8-11)9(2)12-16(3,13)14/h5-9,12H,4H2,1-3H3/t9-/m0/s1. The lowest BCUT2D eigenvalue weighted by atomic mass is 10.1. The van der Waals surface area contributed by atoms with Crippen LogP contribution in [0.2, 0.25) is 0 Å². The lowest BCUT2D eigenvalue weighted by Gasteiger charge is -2.13. The van der Waals surface area contributed by atoms with Gasteiger partial charge in [-0.2, -0.15) is 0 Å². The van der Waals surface area contributed by atoms with E-state index in [-0.39, 0.29) is 6.04 Å². The van der Waals surface area contributed by atoms with Crippen LogP contribution in [0.1, 0.15) is 25.5 Å². The number of sulfonamides is 1. The monoisotopic (exact) mass is 243 g/mol. The zero-order valence-electron chi connectivity index (χ0n) is 9.73. The van der Waals surface area contributed by atoms with Gasteiger partial charge in [-0.3, -0.25) is 0 Å². The Hall–Kier alpha value is -1.07. The van der Waals surface area contributed by atoms with Crippen molar-refractivity contribution in [1.82, 2.24) is 4.72 Å². The summed E-state index contributed by atoms with van der Waals surface area (Å²) in [5, 5.41) is 0. The van der Waals surface area contributed by atoms with Crippen molar-refractivity contribution >= 4 is 10.0 Å². The summed E-state index contributed by atoms with van der Waals surface area (Å²) < 4.78 is 29.9. The lowest BCUT2D eigenvalue weighted by molar-refractivity contribution is 0.340. The van der Waals surface area contributed by atoms with Gasteiger partial charge in [0.1, 0.15) is 5.75 Å². The Labute approximate surface area is 96.7 Å². The van der Waals surface area contributed by atoms with Gasteiger partial charge >= 0.3 is 0 Å². The number of hydrogen-bond acceptors (Lipinski definition) is 3. The Bertz CT molecular complexity index is 425. The highest BCUT2D eigenvalue weighted by atomic mass is 32.2. The van der Waals surface area contributed by atoms with Crippen molar-refractivity contribution < 1.29 is 13.2 Å². The first-order valence-corrected chi connectivity index (χ1v) is 7.01. The minimum absolute atomic E-state index is 0.231. The number of rotatable bonds is 5. The molecule has 0 heterocycles. The Morgan fingerprint density at radius 1 is 1.31 bits per heavy atom. The van der Waals surface area contributed by atoms with Crippen molar-refractivity contribution in [2.75, 3.05) is 12.9 Å². The van der Waals surface area contributed by atoms with Gasteiger partial charge in [-0.25, -0.2) is 13.1 Å². The minimum atomic E-state index is -3.17. The van der Waals surface area contributed by atoms with Crippen molar-refractivity contribution in [2.45, 2.75) is 19.9 Å². The molecule has 0 aromatic heterocycles. The molecule has 1 N–H and O–H groups in total. The average molecular weight is 243 g/mol. The van der Waals surface area contributed by atoms with Gasteiger partial charge in [0.15, 0.2) is 0 Å². The summed E-state index contributed by atoms with van der Waals surface area (Å²) in [4.78, 5) is 0. The van der Waals surface area contributed by atoms with Gasteiger partial charge < -0.3 is 4.74 Å². The number of hydrogen-bond donors (Lipinski definition) is 1. The molecule has 0 aliphatic carbocycles. The Balaban J connectivity index is 2.74. The van der Waals surface area contributed by atoms with Gasteiger partial charge in [-0.05, 0) is 31.5 Å². The Kier molecular flexibility index (Phi) is 4.32. The summed E-state index contributed by atoms with van der Waals surface area (Å²) in [5.74, 6) is 0.790. The van der Waals surface area contributed by atoms with Crippen LogP contribution in [0.3, 0.4) is 0 Å². The van der Waals surface area contributed by atoms with Gasteiger partial charge in [-0.15, -0.1) is 0 Å². The molecule has 0 saturated carbocycles. The second-order valence-electron chi connectivity index (χ2n) is 3.61. The molecule has 1 aromatic carbocycles. The van der Waals surface area contributed by atoms with Crippen LogP contribution < -0.4 is 9.46 Å². The van der Waals surface area contributed by atoms with Gasteiger partial charge in [0, 0.05) is 6.04 Å². The first kappa shape index (κ1) is 13.0. The zero-order valence-corrected chi connectivity index (χ0v) is 10.5. The highest BCUT2D eigenvalue weighted by Crippen LogP contribution is 2.17. The molecule has 0 bridgehead atoms. The fourth-order valence-electron chi connectivity index (χ4n) is 1.41. The van der Waals surface area contributed by atoms with Crippen LogP contribution in [0.15, 0.2) is 24.3 Å². The molecular formula is C11H17NO3S. The van der Waals surface area contributed by atoms with E-state index in [4.69, 9.17) is 4.74 Å². The van der Waals surface area contributed by atoms with Crippen molar-refractivity contribution in [3.8, 4) is 5.75 Å². The smallest absolute Gasteiger partial charge is 0.209 e. The predicted molar refractivity (Wildman–Crippen MR) is 64.0 cm³/mol. The third-order valence-electron chi connectivity index (χ3n) is 2.08. The van der Waals surface area contributed by atoms with E-state index in [1.54, 1.807) is 6.92 Å². The molecular weight excluding hydrogens is 226 g/mol. The molecule has 1 aromatic rings. The molecule has 0 radical (unpaired) electrons. The average Bonchev–Trinajstić information content (AvgIpc) is 2.16. The van der Waals surface area contributed by atoms with Crippen LogP contribution in [0.25, 0.3) is 0 Å². The maximum Gasteiger partial charge on any atom is 0.209 e. The number of benzene rings is 1. The molecule has 1 atom stereocenters. The van der Waals surface area contributed by atoms with Crippen LogP contribution in [0.5, 0.6) is 5.75 Å². The molecule has 0 unspecified atom stereocenters. The maximum absolute atomic E-state index is 11.0. The molecule has 5 heteroatoms. The van der Waals surface area contributed by atoms with E-state index in [0.29, 0.717) is 6.61 Å². The normalized spacial score (nSPS) is 13.4. The predicted octanol–water partition coefficient (Wildman–Crippen LogP) is 1.70. The quantitative estimate of drug-likeness (QED) is 0.856. The Morgan fingerprint density at radius 3 is 2.31 bits per heavy atom.